The average molecular weight is 222 g/mol. The van der Waals surface area contributed by atoms with E-state index in [-0.39, 0.29) is 5.12 Å². The van der Waals surface area contributed by atoms with E-state index in [1.807, 2.05) is 0 Å². The Morgan fingerprint density at radius 3 is 2.40 bits per heavy atom. The molecule has 0 fully saturated rings. The minimum atomic E-state index is -0.454. The number of esters is 1. The first-order valence-corrected chi connectivity index (χ1v) is 5.05. The molecule has 0 bridgehead atoms. The molecule has 0 amide bonds. The standard InChI is InChI=1S/C11H10O3S/c1-3-14-11(13)9-4-6-10(7-5-9)15-8(2)12/h3-7H,1H2,2H3. The number of ether oxygens (including phenoxy) is 1. The molecule has 1 rings (SSSR count). The summed E-state index contributed by atoms with van der Waals surface area (Å²) < 4.78 is 4.60. The molecule has 0 radical (unpaired) electrons. The van der Waals surface area contributed by atoms with Crippen molar-refractivity contribution in [3.05, 3.63) is 42.7 Å². The van der Waals surface area contributed by atoms with Crippen molar-refractivity contribution in [2.75, 3.05) is 0 Å². The first-order chi connectivity index (χ1) is 7.13. The summed E-state index contributed by atoms with van der Waals surface area (Å²) >= 11 is 1.12. The van der Waals surface area contributed by atoms with E-state index in [1.54, 1.807) is 24.3 Å². The Labute approximate surface area is 92.1 Å². The minimum absolute atomic E-state index is 0.0106. The number of thioether (sulfide) groups is 1. The van der Waals surface area contributed by atoms with Crippen molar-refractivity contribution in [2.24, 2.45) is 0 Å². The van der Waals surface area contributed by atoms with Gasteiger partial charge in [-0.3, -0.25) is 4.79 Å². The number of carbonyl (C=O) groups excluding carboxylic acids is 2. The normalized spacial score (nSPS) is 9.40. The van der Waals surface area contributed by atoms with Gasteiger partial charge in [0, 0.05) is 11.8 Å². The highest BCUT2D eigenvalue weighted by molar-refractivity contribution is 8.13. The number of hydrogen-bond acceptors (Lipinski definition) is 4. The van der Waals surface area contributed by atoms with Gasteiger partial charge in [0.1, 0.15) is 0 Å². The summed E-state index contributed by atoms with van der Waals surface area (Å²) in [7, 11) is 0. The summed E-state index contributed by atoms with van der Waals surface area (Å²) in [4.78, 5) is 22.8. The quantitative estimate of drug-likeness (QED) is 0.448. The first kappa shape index (κ1) is 11.5. The van der Waals surface area contributed by atoms with Crippen molar-refractivity contribution in [3.8, 4) is 0 Å². The van der Waals surface area contributed by atoms with Crippen molar-refractivity contribution in [2.45, 2.75) is 11.8 Å². The lowest BCUT2D eigenvalue weighted by Gasteiger charge is -2.00. The van der Waals surface area contributed by atoms with Crippen molar-refractivity contribution in [1.29, 1.82) is 0 Å². The minimum Gasteiger partial charge on any atom is -0.432 e. The van der Waals surface area contributed by atoms with Crippen LogP contribution in [0.5, 0.6) is 0 Å². The molecular weight excluding hydrogens is 212 g/mol. The lowest BCUT2D eigenvalue weighted by atomic mass is 10.2. The van der Waals surface area contributed by atoms with E-state index in [0.717, 1.165) is 22.9 Å². The summed E-state index contributed by atoms with van der Waals surface area (Å²) in [6, 6.07) is 6.62. The summed E-state index contributed by atoms with van der Waals surface area (Å²) in [6.45, 7) is 4.78. The first-order valence-electron chi connectivity index (χ1n) is 4.24. The molecule has 0 spiro atoms. The highest BCUT2D eigenvalue weighted by atomic mass is 32.2. The highest BCUT2D eigenvalue weighted by Gasteiger charge is 2.05. The lowest BCUT2D eigenvalue weighted by molar-refractivity contribution is -0.109. The molecule has 0 atom stereocenters. The maximum absolute atomic E-state index is 11.2. The zero-order chi connectivity index (χ0) is 11.3. The van der Waals surface area contributed by atoms with E-state index in [1.165, 1.54) is 6.92 Å². The molecule has 0 saturated heterocycles. The summed E-state index contributed by atoms with van der Waals surface area (Å²) in [5.41, 5.74) is 0.433. The van der Waals surface area contributed by atoms with Gasteiger partial charge in [0.05, 0.1) is 11.8 Å². The topological polar surface area (TPSA) is 43.4 Å². The van der Waals surface area contributed by atoms with Crippen LogP contribution in [0.2, 0.25) is 0 Å². The third kappa shape index (κ3) is 3.59. The largest absolute Gasteiger partial charge is 0.432 e. The van der Waals surface area contributed by atoms with Gasteiger partial charge >= 0.3 is 5.97 Å². The molecule has 0 aliphatic rings. The molecule has 1 aromatic carbocycles. The van der Waals surface area contributed by atoms with Gasteiger partial charge in [-0.2, -0.15) is 0 Å². The Morgan fingerprint density at radius 1 is 1.33 bits per heavy atom. The number of hydrogen-bond donors (Lipinski definition) is 0. The van der Waals surface area contributed by atoms with Gasteiger partial charge in [0.15, 0.2) is 5.12 Å². The Kier molecular flexibility index (Phi) is 4.12. The second kappa shape index (κ2) is 5.36. The molecule has 0 unspecified atom stereocenters. The van der Waals surface area contributed by atoms with E-state index in [2.05, 4.69) is 11.3 Å². The van der Waals surface area contributed by atoms with Crippen LogP contribution in [0.1, 0.15) is 17.3 Å². The van der Waals surface area contributed by atoms with Crippen LogP contribution in [-0.2, 0) is 9.53 Å². The number of benzene rings is 1. The lowest BCUT2D eigenvalue weighted by Crippen LogP contribution is -1.99. The van der Waals surface area contributed by atoms with Crippen LogP contribution in [0.15, 0.2) is 42.0 Å². The second-order valence-corrected chi connectivity index (χ2v) is 3.94. The third-order valence-electron chi connectivity index (χ3n) is 1.54. The van der Waals surface area contributed by atoms with Gasteiger partial charge in [-0.05, 0) is 24.3 Å². The molecule has 4 heteroatoms. The van der Waals surface area contributed by atoms with Crippen LogP contribution in [0.3, 0.4) is 0 Å². The Morgan fingerprint density at radius 2 is 1.93 bits per heavy atom. The van der Waals surface area contributed by atoms with Crippen molar-refractivity contribution < 1.29 is 14.3 Å². The zero-order valence-electron chi connectivity index (χ0n) is 8.23. The molecule has 0 aliphatic carbocycles. The third-order valence-corrected chi connectivity index (χ3v) is 2.34. The van der Waals surface area contributed by atoms with Gasteiger partial charge in [-0.15, -0.1) is 0 Å². The predicted molar refractivity (Wildman–Crippen MR) is 58.6 cm³/mol. The molecule has 0 aliphatic heterocycles. The average Bonchev–Trinajstić information content (AvgIpc) is 2.18. The van der Waals surface area contributed by atoms with Crippen molar-refractivity contribution >= 4 is 22.8 Å². The summed E-state index contributed by atoms with van der Waals surface area (Å²) in [5.74, 6) is -0.454. The smallest absolute Gasteiger partial charge is 0.342 e. The fourth-order valence-corrected chi connectivity index (χ4v) is 1.57. The number of rotatable bonds is 3. The van der Waals surface area contributed by atoms with E-state index >= 15 is 0 Å². The fourth-order valence-electron chi connectivity index (χ4n) is 0.969. The van der Waals surface area contributed by atoms with Crippen LogP contribution in [0.4, 0.5) is 0 Å². The van der Waals surface area contributed by atoms with E-state index in [0.29, 0.717) is 5.56 Å². The molecule has 0 aromatic heterocycles. The van der Waals surface area contributed by atoms with Crippen LogP contribution in [0.25, 0.3) is 0 Å². The van der Waals surface area contributed by atoms with Gasteiger partial charge in [0.2, 0.25) is 0 Å². The van der Waals surface area contributed by atoms with Crippen LogP contribution < -0.4 is 0 Å². The second-order valence-electron chi connectivity index (χ2n) is 2.69. The Bertz CT molecular complexity index is 381. The fraction of sp³-hybridized carbons (Fsp3) is 0.0909. The molecule has 0 saturated carbocycles. The summed E-state index contributed by atoms with van der Waals surface area (Å²) in [6.07, 6.45) is 1.08. The van der Waals surface area contributed by atoms with Crippen molar-refractivity contribution in [1.82, 2.24) is 0 Å². The van der Waals surface area contributed by atoms with Crippen LogP contribution in [-0.4, -0.2) is 11.1 Å². The van der Waals surface area contributed by atoms with E-state index < -0.39 is 5.97 Å². The predicted octanol–water partition coefficient (Wildman–Crippen LogP) is 2.63. The molecule has 0 heterocycles. The summed E-state index contributed by atoms with van der Waals surface area (Å²) in [5, 5.41) is 0.0106. The van der Waals surface area contributed by atoms with Crippen molar-refractivity contribution in [3.63, 3.8) is 0 Å². The van der Waals surface area contributed by atoms with Crippen LogP contribution >= 0.6 is 11.8 Å². The van der Waals surface area contributed by atoms with Gasteiger partial charge < -0.3 is 4.74 Å². The molecule has 3 nitrogen and oxygen atoms in total. The van der Waals surface area contributed by atoms with Crippen LogP contribution in [0, 0.1) is 0 Å². The van der Waals surface area contributed by atoms with Gasteiger partial charge in [-0.25, -0.2) is 4.79 Å². The Balaban J connectivity index is 2.75. The van der Waals surface area contributed by atoms with E-state index in [4.69, 9.17) is 0 Å². The maximum atomic E-state index is 11.2. The van der Waals surface area contributed by atoms with Gasteiger partial charge in [-0.1, -0.05) is 18.3 Å². The number of carbonyl (C=O) groups is 2. The Hall–Kier alpha value is -1.55. The molecular formula is C11H10O3S. The molecule has 1 aromatic rings. The highest BCUT2D eigenvalue weighted by Crippen LogP contribution is 2.19. The molecule has 0 N–H and O–H groups in total. The molecule has 78 valence electrons. The zero-order valence-corrected chi connectivity index (χ0v) is 9.04. The SMILES string of the molecule is C=COC(=O)c1ccc(SC(C)=O)cc1. The monoisotopic (exact) mass is 222 g/mol. The maximum Gasteiger partial charge on any atom is 0.342 e. The molecule has 15 heavy (non-hydrogen) atoms. The van der Waals surface area contributed by atoms with Gasteiger partial charge in [0.25, 0.3) is 0 Å². The van der Waals surface area contributed by atoms with E-state index in [9.17, 15) is 9.59 Å².